The Hall–Kier alpha value is -1.42. The van der Waals surface area contributed by atoms with Gasteiger partial charge in [0.1, 0.15) is 5.82 Å². The summed E-state index contributed by atoms with van der Waals surface area (Å²) in [4.78, 5) is 22.9. The zero-order valence-corrected chi connectivity index (χ0v) is 20.1. The number of fused-ring (bicyclic) bond motifs is 1. The number of benzene rings is 2. The minimum atomic E-state index is -0.630. The Morgan fingerprint density at radius 3 is 2.81 bits per heavy atom. The van der Waals surface area contributed by atoms with Gasteiger partial charge in [-0.05, 0) is 36.6 Å². The third-order valence-electron chi connectivity index (χ3n) is 4.98. The molecule has 1 fully saturated rings. The Balaban J connectivity index is 0.00000272. The summed E-state index contributed by atoms with van der Waals surface area (Å²) in [6.45, 7) is 3.99. The van der Waals surface area contributed by atoms with Crippen molar-refractivity contribution in [1.82, 2.24) is 9.88 Å². The molecule has 5 nitrogen and oxygen atoms in total. The lowest BCUT2D eigenvalue weighted by atomic mass is 10.2. The topological polar surface area (TPSA) is 45.7 Å². The Kier molecular flexibility index (Phi) is 8.55. The van der Waals surface area contributed by atoms with Gasteiger partial charge in [-0.25, -0.2) is 9.37 Å². The number of thiazole rings is 1. The molecule has 0 N–H and O–H groups in total. The summed E-state index contributed by atoms with van der Waals surface area (Å²) in [6.07, 6.45) is 2.02. The molecule has 3 aromatic rings. The van der Waals surface area contributed by atoms with Gasteiger partial charge in [-0.2, -0.15) is 0 Å². The lowest BCUT2D eigenvalue weighted by molar-refractivity contribution is 0.0391. The van der Waals surface area contributed by atoms with Crippen molar-refractivity contribution in [1.29, 1.82) is 0 Å². The quantitative estimate of drug-likeness (QED) is 0.433. The Morgan fingerprint density at radius 2 is 2.10 bits per heavy atom. The number of rotatable bonds is 6. The predicted octanol–water partition coefficient (Wildman–Crippen LogP) is 5.21. The van der Waals surface area contributed by atoms with E-state index in [-0.39, 0.29) is 23.0 Å². The summed E-state index contributed by atoms with van der Waals surface area (Å²) in [5, 5.41) is 0.642. The molecule has 0 aliphatic carbocycles. The van der Waals surface area contributed by atoms with Crippen molar-refractivity contribution in [3.8, 4) is 0 Å². The van der Waals surface area contributed by atoms with E-state index < -0.39 is 11.7 Å². The van der Waals surface area contributed by atoms with Crippen LogP contribution in [0, 0.1) is 5.82 Å². The zero-order valence-electron chi connectivity index (χ0n) is 16.8. The van der Waals surface area contributed by atoms with Crippen molar-refractivity contribution in [2.24, 2.45) is 0 Å². The molecule has 10 heteroatoms. The van der Waals surface area contributed by atoms with Crippen LogP contribution in [-0.2, 0) is 4.74 Å². The number of halogens is 3. The number of hydrogen-bond acceptors (Lipinski definition) is 6. The molecule has 0 bridgehead atoms. The second kappa shape index (κ2) is 10.9. The van der Waals surface area contributed by atoms with Gasteiger partial charge in [0.2, 0.25) is 0 Å². The van der Waals surface area contributed by atoms with E-state index >= 15 is 0 Å². The number of aromatic nitrogens is 1. The lowest BCUT2D eigenvalue weighted by Crippen LogP contribution is -2.43. The van der Waals surface area contributed by atoms with Crippen LogP contribution < -0.4 is 4.90 Å². The van der Waals surface area contributed by atoms with Crippen molar-refractivity contribution in [3.05, 3.63) is 52.8 Å². The molecule has 0 saturated carbocycles. The van der Waals surface area contributed by atoms with Gasteiger partial charge in [-0.1, -0.05) is 29.0 Å². The molecule has 31 heavy (non-hydrogen) atoms. The average Bonchev–Trinajstić information content (AvgIpc) is 3.17. The molecule has 0 spiro atoms. The number of amides is 1. The van der Waals surface area contributed by atoms with Crippen molar-refractivity contribution in [2.75, 3.05) is 50.5 Å². The average molecular weight is 502 g/mol. The van der Waals surface area contributed by atoms with Gasteiger partial charge < -0.3 is 4.74 Å². The van der Waals surface area contributed by atoms with Gasteiger partial charge in [-0.3, -0.25) is 14.6 Å². The number of nitrogens with zero attached hydrogens (tertiary/aromatic N) is 3. The number of carbonyl (C=O) groups excluding carboxylic acids is 1. The highest BCUT2D eigenvalue weighted by Gasteiger charge is 2.26. The molecule has 1 aliphatic rings. The third-order valence-corrected chi connectivity index (χ3v) is 7.06. The van der Waals surface area contributed by atoms with Crippen LogP contribution in [0.1, 0.15) is 10.4 Å². The molecule has 4 rings (SSSR count). The molecule has 0 atom stereocenters. The SMILES string of the molecule is CSc1ccc2nc(N(CCN3CCOCC3)C(=O)c3c(F)cccc3Cl)sc2c1.Cl. The van der Waals surface area contributed by atoms with E-state index in [0.29, 0.717) is 31.4 Å². The largest absolute Gasteiger partial charge is 0.379 e. The van der Waals surface area contributed by atoms with Crippen LogP contribution in [0.4, 0.5) is 9.52 Å². The summed E-state index contributed by atoms with van der Waals surface area (Å²) in [5.74, 6) is -1.11. The molecule has 1 aromatic heterocycles. The monoisotopic (exact) mass is 501 g/mol. The van der Waals surface area contributed by atoms with Crippen molar-refractivity contribution in [3.63, 3.8) is 0 Å². The standard InChI is InChI=1S/C21H21ClFN3O2S2.ClH/c1-29-14-5-6-17-18(13-14)30-21(24-17)26(8-7-25-9-11-28-12-10-25)20(27)19-15(22)3-2-4-16(19)23;/h2-6,13H,7-12H2,1H3;1H. The summed E-state index contributed by atoms with van der Waals surface area (Å²) in [6, 6.07) is 10.3. The first-order chi connectivity index (χ1) is 14.6. The number of ether oxygens (including phenoxy) is 1. The summed E-state index contributed by atoms with van der Waals surface area (Å²) in [5.41, 5.74) is 0.696. The Morgan fingerprint density at radius 1 is 1.32 bits per heavy atom. The Bertz CT molecular complexity index is 1040. The molecule has 1 amide bonds. The van der Waals surface area contributed by atoms with Crippen molar-refractivity contribution in [2.45, 2.75) is 4.90 Å². The van der Waals surface area contributed by atoms with Crippen LogP contribution in [-0.4, -0.2) is 61.4 Å². The van der Waals surface area contributed by atoms with E-state index in [1.165, 1.54) is 29.5 Å². The van der Waals surface area contributed by atoms with E-state index in [0.717, 1.165) is 28.2 Å². The summed E-state index contributed by atoms with van der Waals surface area (Å²) < 4.78 is 20.9. The Labute approximate surface area is 199 Å². The smallest absolute Gasteiger partial charge is 0.264 e. The van der Waals surface area contributed by atoms with Crippen LogP contribution >= 0.6 is 47.1 Å². The van der Waals surface area contributed by atoms with Crippen LogP contribution in [0.15, 0.2) is 41.3 Å². The van der Waals surface area contributed by atoms with Crippen LogP contribution in [0.2, 0.25) is 5.02 Å². The van der Waals surface area contributed by atoms with Gasteiger partial charge in [0, 0.05) is 31.1 Å². The number of anilines is 1. The molecule has 2 heterocycles. The van der Waals surface area contributed by atoms with E-state index in [4.69, 9.17) is 16.3 Å². The van der Waals surface area contributed by atoms with E-state index in [9.17, 15) is 9.18 Å². The molecular formula is C21H22Cl2FN3O2S2. The van der Waals surface area contributed by atoms with Crippen molar-refractivity contribution >= 4 is 68.4 Å². The van der Waals surface area contributed by atoms with E-state index in [1.54, 1.807) is 16.7 Å². The van der Waals surface area contributed by atoms with Crippen LogP contribution in [0.25, 0.3) is 10.2 Å². The molecule has 1 saturated heterocycles. The number of morpholine rings is 1. The molecule has 2 aromatic carbocycles. The predicted molar refractivity (Wildman–Crippen MR) is 129 cm³/mol. The molecule has 166 valence electrons. The first kappa shape index (κ1) is 24.2. The molecule has 0 unspecified atom stereocenters. The van der Waals surface area contributed by atoms with E-state index in [2.05, 4.69) is 16.0 Å². The maximum Gasteiger partial charge on any atom is 0.264 e. The fraction of sp³-hybridized carbons (Fsp3) is 0.333. The highest BCUT2D eigenvalue weighted by molar-refractivity contribution is 7.98. The number of thioether (sulfide) groups is 1. The number of hydrogen-bond donors (Lipinski definition) is 0. The van der Waals surface area contributed by atoms with Gasteiger partial charge in [0.15, 0.2) is 5.13 Å². The van der Waals surface area contributed by atoms with Crippen molar-refractivity contribution < 1.29 is 13.9 Å². The minimum absolute atomic E-state index is 0. The van der Waals surface area contributed by atoms with Crippen LogP contribution in [0.3, 0.4) is 0 Å². The fourth-order valence-electron chi connectivity index (χ4n) is 3.32. The number of carbonyl (C=O) groups is 1. The first-order valence-electron chi connectivity index (χ1n) is 9.57. The lowest BCUT2D eigenvalue weighted by Gasteiger charge is -2.29. The van der Waals surface area contributed by atoms with Gasteiger partial charge in [0.25, 0.3) is 5.91 Å². The van der Waals surface area contributed by atoms with Gasteiger partial charge in [-0.15, -0.1) is 24.2 Å². The fourth-order valence-corrected chi connectivity index (χ4v) is 5.11. The second-order valence-corrected chi connectivity index (χ2v) is 9.13. The van der Waals surface area contributed by atoms with Gasteiger partial charge in [0.05, 0.1) is 34.0 Å². The highest BCUT2D eigenvalue weighted by atomic mass is 35.5. The summed E-state index contributed by atoms with van der Waals surface area (Å²) in [7, 11) is 0. The van der Waals surface area contributed by atoms with Crippen LogP contribution in [0.5, 0.6) is 0 Å². The van der Waals surface area contributed by atoms with Gasteiger partial charge >= 0.3 is 0 Å². The minimum Gasteiger partial charge on any atom is -0.379 e. The molecule has 0 radical (unpaired) electrons. The van der Waals surface area contributed by atoms with E-state index in [1.807, 2.05) is 18.4 Å². The maximum atomic E-state index is 14.5. The normalized spacial score (nSPS) is 14.4. The zero-order chi connectivity index (χ0) is 21.1. The molecular weight excluding hydrogens is 480 g/mol. The third kappa shape index (κ3) is 5.50. The highest BCUT2D eigenvalue weighted by Crippen LogP contribution is 2.33. The summed E-state index contributed by atoms with van der Waals surface area (Å²) >= 11 is 9.27. The molecule has 1 aliphatic heterocycles. The second-order valence-electron chi connectivity index (χ2n) is 6.84. The maximum absolute atomic E-state index is 14.5. The first-order valence-corrected chi connectivity index (χ1v) is 12.0.